The van der Waals surface area contributed by atoms with Crippen LogP contribution < -0.4 is 5.32 Å². The molecule has 0 aliphatic carbocycles. The highest BCUT2D eigenvalue weighted by atomic mass is 16.5. The monoisotopic (exact) mass is 352 g/mol. The van der Waals surface area contributed by atoms with Crippen LogP contribution in [0.25, 0.3) is 0 Å². The topological polar surface area (TPSA) is 67.4 Å². The van der Waals surface area contributed by atoms with Gasteiger partial charge in [-0.25, -0.2) is 9.97 Å². The smallest absolute Gasteiger partial charge is 0.272 e. The van der Waals surface area contributed by atoms with Crippen LogP contribution in [-0.4, -0.2) is 46.6 Å². The number of benzene rings is 1. The van der Waals surface area contributed by atoms with Gasteiger partial charge in [0, 0.05) is 31.9 Å². The first-order valence-electron chi connectivity index (χ1n) is 9.26. The van der Waals surface area contributed by atoms with Gasteiger partial charge in [0.1, 0.15) is 5.69 Å². The summed E-state index contributed by atoms with van der Waals surface area (Å²) >= 11 is 0. The molecule has 2 aromatic rings. The molecule has 1 saturated heterocycles. The van der Waals surface area contributed by atoms with Gasteiger partial charge in [0.15, 0.2) is 0 Å². The lowest BCUT2D eigenvalue weighted by atomic mass is 10.00. The molecular weight excluding hydrogens is 328 g/mol. The van der Waals surface area contributed by atoms with Gasteiger partial charge in [-0.2, -0.15) is 0 Å². The molecule has 1 unspecified atom stereocenters. The number of anilines is 1. The number of nitrogens with zero attached hydrogens (tertiary/aromatic N) is 3. The van der Waals surface area contributed by atoms with Crippen molar-refractivity contribution in [3.05, 3.63) is 52.8 Å². The van der Waals surface area contributed by atoms with Gasteiger partial charge in [0.2, 0.25) is 5.95 Å². The lowest BCUT2D eigenvalue weighted by Crippen LogP contribution is -2.36. The second-order valence-electron chi connectivity index (χ2n) is 6.98. The molecule has 3 heterocycles. The Bertz CT molecular complexity index is 802. The van der Waals surface area contributed by atoms with Crippen LogP contribution in [0, 0.1) is 6.92 Å². The van der Waals surface area contributed by atoms with Gasteiger partial charge >= 0.3 is 0 Å². The number of ether oxygens (including phenoxy) is 1. The van der Waals surface area contributed by atoms with Crippen molar-refractivity contribution in [3.63, 3.8) is 0 Å². The minimum absolute atomic E-state index is 0.0369. The first-order chi connectivity index (χ1) is 12.7. The van der Waals surface area contributed by atoms with Gasteiger partial charge in [-0.15, -0.1) is 0 Å². The van der Waals surface area contributed by atoms with Gasteiger partial charge in [-0.3, -0.25) is 4.79 Å². The van der Waals surface area contributed by atoms with Crippen LogP contribution in [0.2, 0.25) is 0 Å². The van der Waals surface area contributed by atoms with Gasteiger partial charge in [-0.05, 0) is 43.4 Å². The first kappa shape index (κ1) is 17.0. The number of aromatic nitrogens is 2. The number of aryl methyl sites for hydroxylation is 1. The highest BCUT2D eigenvalue weighted by Crippen LogP contribution is 2.20. The van der Waals surface area contributed by atoms with E-state index in [1.54, 1.807) is 6.07 Å². The predicted molar refractivity (Wildman–Crippen MR) is 99.1 cm³/mol. The van der Waals surface area contributed by atoms with E-state index >= 15 is 0 Å². The summed E-state index contributed by atoms with van der Waals surface area (Å²) in [5.41, 5.74) is 3.78. The first-order valence-corrected chi connectivity index (χ1v) is 9.26. The summed E-state index contributed by atoms with van der Waals surface area (Å²) in [6, 6.07) is 10.1. The summed E-state index contributed by atoms with van der Waals surface area (Å²) in [6.07, 6.45) is 3.24. The largest absolute Gasteiger partial charge is 0.376 e. The zero-order valence-corrected chi connectivity index (χ0v) is 15.1. The average Bonchev–Trinajstić information content (AvgIpc) is 3.18. The van der Waals surface area contributed by atoms with Gasteiger partial charge in [0.05, 0.1) is 6.10 Å². The molecule has 1 N–H and O–H groups in total. The number of nitrogens with one attached hydrogen (secondary N) is 1. The van der Waals surface area contributed by atoms with E-state index in [1.807, 2.05) is 17.9 Å². The molecule has 1 aromatic heterocycles. The Labute approximate surface area is 153 Å². The molecule has 1 amide bonds. The van der Waals surface area contributed by atoms with Crippen LogP contribution in [0.15, 0.2) is 30.3 Å². The van der Waals surface area contributed by atoms with E-state index in [0.29, 0.717) is 24.7 Å². The minimum Gasteiger partial charge on any atom is -0.376 e. The molecule has 2 aliphatic rings. The second-order valence-corrected chi connectivity index (χ2v) is 6.98. The highest BCUT2D eigenvalue weighted by molar-refractivity contribution is 5.92. The Morgan fingerprint density at radius 2 is 2.15 bits per heavy atom. The SMILES string of the molecule is Cc1cc(C(=O)N2CCc3ccccc3C2)nc(NCC2CCCO2)n1. The van der Waals surface area contributed by atoms with Gasteiger partial charge in [-0.1, -0.05) is 24.3 Å². The molecule has 6 nitrogen and oxygen atoms in total. The zero-order valence-electron chi connectivity index (χ0n) is 15.1. The molecule has 0 spiro atoms. The maximum Gasteiger partial charge on any atom is 0.272 e. The standard InChI is InChI=1S/C20H24N4O2/c1-14-11-18(23-20(22-14)21-12-17-7-4-10-26-17)19(25)24-9-8-15-5-2-3-6-16(15)13-24/h2-3,5-6,11,17H,4,7-10,12-13H2,1H3,(H,21,22,23). The van der Waals surface area contributed by atoms with Gasteiger partial charge < -0.3 is 15.0 Å². The maximum atomic E-state index is 13.0. The van der Waals surface area contributed by atoms with Crippen LogP contribution >= 0.6 is 0 Å². The fourth-order valence-corrected chi connectivity index (χ4v) is 3.60. The van der Waals surface area contributed by atoms with Crippen molar-refractivity contribution < 1.29 is 9.53 Å². The number of hydrogen-bond donors (Lipinski definition) is 1. The van der Waals surface area contributed by atoms with E-state index in [4.69, 9.17) is 4.74 Å². The third-order valence-electron chi connectivity index (χ3n) is 5.00. The summed E-state index contributed by atoms with van der Waals surface area (Å²) < 4.78 is 5.62. The number of hydrogen-bond acceptors (Lipinski definition) is 5. The maximum absolute atomic E-state index is 13.0. The number of rotatable bonds is 4. The fraction of sp³-hybridized carbons (Fsp3) is 0.450. The van der Waals surface area contributed by atoms with Crippen LogP contribution in [0.3, 0.4) is 0 Å². The molecule has 0 bridgehead atoms. The van der Waals surface area contributed by atoms with Crippen molar-refractivity contribution in [2.45, 2.75) is 38.8 Å². The van der Waals surface area contributed by atoms with Gasteiger partial charge in [0.25, 0.3) is 5.91 Å². The number of fused-ring (bicyclic) bond motifs is 1. The van der Waals surface area contributed by atoms with E-state index < -0.39 is 0 Å². The molecule has 4 rings (SSSR count). The average molecular weight is 352 g/mol. The Morgan fingerprint density at radius 3 is 2.96 bits per heavy atom. The molecule has 1 aromatic carbocycles. The van der Waals surface area contributed by atoms with Crippen molar-refractivity contribution in [2.24, 2.45) is 0 Å². The van der Waals surface area contributed by atoms with Crippen LogP contribution in [-0.2, 0) is 17.7 Å². The van der Waals surface area contributed by atoms with Crippen molar-refractivity contribution in [1.29, 1.82) is 0 Å². The van der Waals surface area contributed by atoms with E-state index in [2.05, 4.69) is 33.5 Å². The normalized spacial score (nSPS) is 19.3. The Balaban J connectivity index is 1.47. The summed E-state index contributed by atoms with van der Waals surface area (Å²) in [7, 11) is 0. The molecule has 26 heavy (non-hydrogen) atoms. The van der Waals surface area contributed by atoms with Crippen molar-refractivity contribution >= 4 is 11.9 Å². The third-order valence-corrected chi connectivity index (χ3v) is 5.00. The lowest BCUT2D eigenvalue weighted by molar-refractivity contribution is 0.0728. The number of carbonyl (C=O) groups is 1. The van der Waals surface area contributed by atoms with Crippen molar-refractivity contribution in [2.75, 3.05) is 25.0 Å². The van der Waals surface area contributed by atoms with Crippen LogP contribution in [0.4, 0.5) is 5.95 Å². The third kappa shape index (κ3) is 3.70. The quantitative estimate of drug-likeness (QED) is 0.916. The van der Waals surface area contributed by atoms with Crippen LogP contribution in [0.1, 0.15) is 40.2 Å². The van der Waals surface area contributed by atoms with Crippen molar-refractivity contribution in [1.82, 2.24) is 14.9 Å². The molecule has 2 aliphatic heterocycles. The molecule has 6 heteroatoms. The van der Waals surface area contributed by atoms with E-state index in [-0.39, 0.29) is 12.0 Å². The number of carbonyl (C=O) groups excluding carboxylic acids is 1. The molecule has 1 fully saturated rings. The Kier molecular flexibility index (Phi) is 4.84. The Hall–Kier alpha value is -2.47. The summed E-state index contributed by atoms with van der Waals surface area (Å²) in [5.74, 6) is 0.464. The molecule has 0 radical (unpaired) electrons. The fourth-order valence-electron chi connectivity index (χ4n) is 3.60. The molecule has 0 saturated carbocycles. The van der Waals surface area contributed by atoms with Crippen molar-refractivity contribution in [3.8, 4) is 0 Å². The lowest BCUT2D eigenvalue weighted by Gasteiger charge is -2.28. The summed E-state index contributed by atoms with van der Waals surface area (Å²) in [4.78, 5) is 23.7. The summed E-state index contributed by atoms with van der Waals surface area (Å²) in [6.45, 7) is 4.74. The van der Waals surface area contributed by atoms with E-state index in [0.717, 1.165) is 38.1 Å². The predicted octanol–water partition coefficient (Wildman–Crippen LogP) is 2.57. The zero-order chi connectivity index (χ0) is 17.9. The summed E-state index contributed by atoms with van der Waals surface area (Å²) in [5, 5.41) is 3.22. The molecule has 1 atom stereocenters. The highest BCUT2D eigenvalue weighted by Gasteiger charge is 2.23. The minimum atomic E-state index is -0.0369. The van der Waals surface area contributed by atoms with E-state index in [9.17, 15) is 4.79 Å². The van der Waals surface area contributed by atoms with E-state index in [1.165, 1.54) is 11.1 Å². The molecular formula is C20H24N4O2. The second kappa shape index (κ2) is 7.41. The number of amides is 1. The molecule has 136 valence electrons. The Morgan fingerprint density at radius 1 is 1.31 bits per heavy atom. The van der Waals surface area contributed by atoms with Crippen LogP contribution in [0.5, 0.6) is 0 Å².